The van der Waals surface area contributed by atoms with E-state index < -0.39 is 0 Å². The van der Waals surface area contributed by atoms with Gasteiger partial charge in [-0.15, -0.1) is 0 Å². The third-order valence-corrected chi connectivity index (χ3v) is 4.11. The van der Waals surface area contributed by atoms with Crippen LogP contribution in [0.4, 0.5) is 0 Å². The summed E-state index contributed by atoms with van der Waals surface area (Å²) in [6, 6.07) is 14.2. The predicted molar refractivity (Wildman–Crippen MR) is 88.0 cm³/mol. The minimum atomic E-state index is -0.274. The lowest BCUT2D eigenvalue weighted by Crippen LogP contribution is -2.06. The fourth-order valence-corrected chi connectivity index (χ4v) is 2.77. The van der Waals surface area contributed by atoms with Gasteiger partial charge >= 0.3 is 0 Å². The summed E-state index contributed by atoms with van der Waals surface area (Å²) >= 11 is 0. The maximum absolute atomic E-state index is 5.44. The molecule has 0 bridgehead atoms. The summed E-state index contributed by atoms with van der Waals surface area (Å²) in [5.41, 5.74) is 1.99. The van der Waals surface area contributed by atoms with E-state index in [0.29, 0.717) is 24.1 Å². The smallest absolute Gasteiger partial charge is 0.271 e. The summed E-state index contributed by atoms with van der Waals surface area (Å²) < 4.78 is 5.42. The summed E-state index contributed by atoms with van der Waals surface area (Å²) in [6.45, 7) is 4.19. The third kappa shape index (κ3) is 2.48. The van der Waals surface area contributed by atoms with Crippen LogP contribution in [0.5, 0.6) is 0 Å². The highest BCUT2D eigenvalue weighted by molar-refractivity contribution is 5.94. The van der Waals surface area contributed by atoms with Crippen LogP contribution in [0.3, 0.4) is 0 Å². The van der Waals surface area contributed by atoms with Gasteiger partial charge in [-0.25, -0.2) is 0 Å². The topological polar surface area (TPSA) is 60.5 Å². The van der Waals surface area contributed by atoms with Crippen LogP contribution in [0.15, 0.2) is 52.1 Å². The first-order chi connectivity index (χ1) is 11.2. The highest BCUT2D eigenvalue weighted by atomic mass is 16.7. The molecule has 3 aromatic rings. The van der Waals surface area contributed by atoms with Gasteiger partial charge in [-0.1, -0.05) is 66.6 Å². The Balaban J connectivity index is 1.66. The number of fused-ring (bicyclic) bond motifs is 1. The molecule has 0 fully saturated rings. The maximum Gasteiger partial charge on any atom is 0.271 e. The number of rotatable bonds is 3. The highest BCUT2D eigenvalue weighted by Gasteiger charge is 2.29. The lowest BCUT2D eigenvalue weighted by molar-refractivity contribution is 0.0599. The quantitative estimate of drug-likeness (QED) is 0.721. The van der Waals surface area contributed by atoms with Gasteiger partial charge < -0.3 is 9.36 Å². The average Bonchev–Trinajstić information content (AvgIpc) is 3.23. The molecule has 1 aliphatic rings. The SMILES string of the molecule is CC(C)C1=NO[C@H](c2nc(-c3cccc4ccccc34)no2)C1. The van der Waals surface area contributed by atoms with Crippen LogP contribution in [0, 0.1) is 5.92 Å². The molecular formula is C18H17N3O2. The fraction of sp³-hybridized carbons (Fsp3) is 0.278. The molecule has 0 N–H and O–H groups in total. The van der Waals surface area contributed by atoms with Crippen molar-refractivity contribution in [3.63, 3.8) is 0 Å². The van der Waals surface area contributed by atoms with E-state index >= 15 is 0 Å². The van der Waals surface area contributed by atoms with E-state index in [9.17, 15) is 0 Å². The van der Waals surface area contributed by atoms with Gasteiger partial charge in [0.2, 0.25) is 11.9 Å². The van der Waals surface area contributed by atoms with E-state index in [4.69, 9.17) is 9.36 Å². The Morgan fingerprint density at radius 2 is 1.91 bits per heavy atom. The Kier molecular flexibility index (Phi) is 3.33. The molecule has 0 saturated heterocycles. The van der Waals surface area contributed by atoms with E-state index in [0.717, 1.165) is 22.0 Å². The van der Waals surface area contributed by atoms with Crippen LogP contribution >= 0.6 is 0 Å². The highest BCUT2D eigenvalue weighted by Crippen LogP contribution is 2.31. The Hall–Kier alpha value is -2.69. The summed E-state index contributed by atoms with van der Waals surface area (Å²) in [4.78, 5) is 9.97. The predicted octanol–water partition coefficient (Wildman–Crippen LogP) is 4.36. The van der Waals surface area contributed by atoms with Gasteiger partial charge in [-0.3, -0.25) is 0 Å². The Bertz CT molecular complexity index is 877. The van der Waals surface area contributed by atoms with Crippen LogP contribution in [-0.4, -0.2) is 15.9 Å². The molecule has 5 nitrogen and oxygen atoms in total. The van der Waals surface area contributed by atoms with Crippen molar-refractivity contribution in [3.8, 4) is 11.4 Å². The van der Waals surface area contributed by atoms with Crippen molar-refractivity contribution in [3.05, 3.63) is 48.4 Å². The van der Waals surface area contributed by atoms with Crippen LogP contribution in [0.1, 0.15) is 32.3 Å². The maximum atomic E-state index is 5.44. The lowest BCUT2D eigenvalue weighted by Gasteiger charge is -2.03. The number of benzene rings is 2. The molecule has 0 radical (unpaired) electrons. The van der Waals surface area contributed by atoms with Crippen molar-refractivity contribution in [2.24, 2.45) is 11.1 Å². The minimum absolute atomic E-state index is 0.274. The molecule has 2 aromatic carbocycles. The number of hydrogen-bond acceptors (Lipinski definition) is 5. The molecule has 1 aromatic heterocycles. The lowest BCUT2D eigenvalue weighted by atomic mass is 10.0. The molecule has 0 saturated carbocycles. The molecule has 1 atom stereocenters. The second-order valence-electron chi connectivity index (χ2n) is 6.02. The van der Waals surface area contributed by atoms with E-state index in [1.54, 1.807) is 0 Å². The van der Waals surface area contributed by atoms with Gasteiger partial charge in [0.05, 0.1) is 5.71 Å². The molecule has 2 heterocycles. The van der Waals surface area contributed by atoms with Crippen molar-refractivity contribution in [1.82, 2.24) is 10.1 Å². The Morgan fingerprint density at radius 1 is 1.09 bits per heavy atom. The molecule has 116 valence electrons. The van der Waals surface area contributed by atoms with Crippen LogP contribution in [-0.2, 0) is 4.84 Å². The average molecular weight is 307 g/mol. The van der Waals surface area contributed by atoms with Gasteiger partial charge in [-0.05, 0) is 16.7 Å². The van der Waals surface area contributed by atoms with Crippen LogP contribution in [0.25, 0.3) is 22.2 Å². The van der Waals surface area contributed by atoms with Crippen molar-refractivity contribution in [1.29, 1.82) is 0 Å². The molecule has 0 unspecified atom stereocenters. The number of hydrogen-bond donors (Lipinski definition) is 0. The summed E-state index contributed by atoms with van der Waals surface area (Å²) in [5.74, 6) is 1.42. The number of aromatic nitrogens is 2. The Labute approximate surface area is 134 Å². The molecule has 4 rings (SSSR count). The summed E-state index contributed by atoms with van der Waals surface area (Å²) in [5, 5.41) is 10.5. The zero-order chi connectivity index (χ0) is 15.8. The van der Waals surface area contributed by atoms with Gasteiger partial charge in [0, 0.05) is 12.0 Å². The first kappa shape index (κ1) is 13.9. The van der Waals surface area contributed by atoms with Gasteiger partial charge in [0.15, 0.2) is 0 Å². The molecule has 0 spiro atoms. The van der Waals surface area contributed by atoms with E-state index in [1.807, 2.05) is 24.3 Å². The van der Waals surface area contributed by atoms with Crippen molar-refractivity contribution in [2.45, 2.75) is 26.4 Å². The largest absolute Gasteiger partial charge is 0.382 e. The fourth-order valence-electron chi connectivity index (χ4n) is 2.77. The summed E-state index contributed by atoms with van der Waals surface area (Å²) in [7, 11) is 0. The van der Waals surface area contributed by atoms with Crippen molar-refractivity contribution >= 4 is 16.5 Å². The third-order valence-electron chi connectivity index (χ3n) is 4.11. The van der Waals surface area contributed by atoms with E-state index in [-0.39, 0.29) is 6.10 Å². The van der Waals surface area contributed by atoms with Gasteiger partial charge in [0.25, 0.3) is 5.89 Å². The standard InChI is InChI=1S/C18H17N3O2/c1-11(2)15-10-16(22-20-15)18-19-17(21-23-18)14-9-5-7-12-6-3-4-8-13(12)14/h3-9,11,16H,10H2,1-2H3/t16-/m0/s1. The normalized spacial score (nSPS) is 17.5. The Morgan fingerprint density at radius 3 is 2.74 bits per heavy atom. The van der Waals surface area contributed by atoms with Gasteiger partial charge in [-0.2, -0.15) is 4.98 Å². The monoisotopic (exact) mass is 307 g/mol. The zero-order valence-corrected chi connectivity index (χ0v) is 13.1. The van der Waals surface area contributed by atoms with E-state index in [2.05, 4.69) is 47.3 Å². The zero-order valence-electron chi connectivity index (χ0n) is 13.1. The first-order valence-corrected chi connectivity index (χ1v) is 7.76. The molecule has 0 amide bonds. The van der Waals surface area contributed by atoms with E-state index in [1.165, 1.54) is 0 Å². The van der Waals surface area contributed by atoms with Crippen LogP contribution in [0.2, 0.25) is 0 Å². The second-order valence-corrected chi connectivity index (χ2v) is 6.02. The molecule has 1 aliphatic heterocycles. The molecular weight excluding hydrogens is 290 g/mol. The van der Waals surface area contributed by atoms with Gasteiger partial charge in [0.1, 0.15) is 0 Å². The molecule has 5 heteroatoms. The van der Waals surface area contributed by atoms with Crippen molar-refractivity contribution < 1.29 is 9.36 Å². The first-order valence-electron chi connectivity index (χ1n) is 7.76. The molecule has 23 heavy (non-hydrogen) atoms. The molecule has 0 aliphatic carbocycles. The van der Waals surface area contributed by atoms with Crippen molar-refractivity contribution in [2.75, 3.05) is 0 Å². The second kappa shape index (κ2) is 5.50. The summed E-state index contributed by atoms with van der Waals surface area (Å²) in [6.07, 6.45) is 0.429. The number of oxime groups is 1. The number of nitrogens with zero attached hydrogens (tertiary/aromatic N) is 3. The minimum Gasteiger partial charge on any atom is -0.382 e. The van der Waals surface area contributed by atoms with Crippen LogP contribution < -0.4 is 0 Å².